The van der Waals surface area contributed by atoms with Gasteiger partial charge in [0.1, 0.15) is 11.9 Å². The molecule has 0 aliphatic carbocycles. The van der Waals surface area contributed by atoms with Crippen molar-refractivity contribution in [1.82, 2.24) is 4.98 Å². The summed E-state index contributed by atoms with van der Waals surface area (Å²) in [5, 5.41) is 0. The summed E-state index contributed by atoms with van der Waals surface area (Å²) in [5.74, 6) is 0.789. The molecule has 0 spiro atoms. The predicted octanol–water partition coefficient (Wildman–Crippen LogP) is 3.31. The molecule has 4 heteroatoms. The van der Waals surface area contributed by atoms with E-state index in [1.807, 2.05) is 43.3 Å². The van der Waals surface area contributed by atoms with Gasteiger partial charge in [-0.05, 0) is 52.7 Å². The minimum absolute atomic E-state index is 0.112. The van der Waals surface area contributed by atoms with Gasteiger partial charge in [0.2, 0.25) is 0 Å². The molecule has 0 saturated carbocycles. The zero-order valence-corrected chi connectivity index (χ0v) is 11.7. The van der Waals surface area contributed by atoms with Crippen molar-refractivity contribution in [2.75, 3.05) is 0 Å². The summed E-state index contributed by atoms with van der Waals surface area (Å²) in [7, 11) is 0. The highest BCUT2D eigenvalue weighted by atomic mass is 79.9. The third kappa shape index (κ3) is 3.09. The van der Waals surface area contributed by atoms with Crippen LogP contribution >= 0.6 is 15.9 Å². The highest BCUT2D eigenvalue weighted by Crippen LogP contribution is 2.30. The van der Waals surface area contributed by atoms with Gasteiger partial charge in [-0.25, -0.2) is 0 Å². The summed E-state index contributed by atoms with van der Waals surface area (Å²) in [6, 6.07) is 11.5. The van der Waals surface area contributed by atoms with E-state index in [9.17, 15) is 0 Å². The highest BCUT2D eigenvalue weighted by molar-refractivity contribution is 9.10. The normalized spacial score (nSPS) is 13.9. The van der Waals surface area contributed by atoms with Crippen LogP contribution in [0.2, 0.25) is 0 Å². The number of aromatic nitrogens is 1. The minimum Gasteiger partial charge on any atom is -0.483 e. The molecule has 0 aliphatic rings. The van der Waals surface area contributed by atoms with Crippen molar-refractivity contribution in [2.45, 2.75) is 19.1 Å². The maximum absolute atomic E-state index is 6.01. The van der Waals surface area contributed by atoms with Crippen molar-refractivity contribution in [2.24, 2.45) is 5.73 Å². The Morgan fingerprint density at radius 2 is 1.83 bits per heavy atom. The van der Waals surface area contributed by atoms with Crippen molar-refractivity contribution < 1.29 is 4.74 Å². The van der Waals surface area contributed by atoms with E-state index < -0.39 is 0 Å². The lowest BCUT2D eigenvalue weighted by molar-refractivity contribution is 0.179. The van der Waals surface area contributed by atoms with Crippen LogP contribution in [0.3, 0.4) is 0 Å². The fourth-order valence-corrected chi connectivity index (χ4v) is 2.09. The van der Waals surface area contributed by atoms with Gasteiger partial charge in [0, 0.05) is 18.4 Å². The first kappa shape index (κ1) is 13.1. The molecule has 0 radical (unpaired) electrons. The number of para-hydroxylation sites is 1. The van der Waals surface area contributed by atoms with Crippen LogP contribution in [0.15, 0.2) is 53.3 Å². The molecule has 0 bridgehead atoms. The fraction of sp³-hybridized carbons (Fsp3) is 0.214. The summed E-state index contributed by atoms with van der Waals surface area (Å²) in [6.45, 7) is 1.93. The number of hydrogen-bond acceptors (Lipinski definition) is 3. The lowest BCUT2D eigenvalue weighted by atomic mass is 10.1. The van der Waals surface area contributed by atoms with Gasteiger partial charge < -0.3 is 10.5 Å². The molecular formula is C14H15BrN2O. The smallest absolute Gasteiger partial charge is 0.139 e. The van der Waals surface area contributed by atoms with Crippen molar-refractivity contribution in [1.29, 1.82) is 0 Å². The first-order valence-corrected chi connectivity index (χ1v) is 6.54. The van der Waals surface area contributed by atoms with Crippen LogP contribution in [0.1, 0.15) is 18.6 Å². The van der Waals surface area contributed by atoms with E-state index in [1.165, 1.54) is 0 Å². The fourth-order valence-electron chi connectivity index (χ4n) is 1.71. The quantitative estimate of drug-likeness (QED) is 0.942. The number of pyridine rings is 1. The minimum atomic E-state index is -0.188. The number of halogens is 1. The Morgan fingerprint density at radius 3 is 2.44 bits per heavy atom. The van der Waals surface area contributed by atoms with Crippen LogP contribution in [-0.2, 0) is 0 Å². The van der Waals surface area contributed by atoms with Crippen LogP contribution in [0.25, 0.3) is 0 Å². The predicted molar refractivity (Wildman–Crippen MR) is 75.4 cm³/mol. The van der Waals surface area contributed by atoms with Crippen LogP contribution < -0.4 is 10.5 Å². The van der Waals surface area contributed by atoms with Crippen LogP contribution in [0, 0.1) is 0 Å². The standard InChI is InChI=1S/C14H15BrN2O/c1-10(16)14(11-6-8-17-9-7-11)18-13-5-3-2-4-12(13)15/h2-10,14H,16H2,1H3. The maximum atomic E-state index is 6.01. The van der Waals surface area contributed by atoms with E-state index in [2.05, 4.69) is 20.9 Å². The number of nitrogens with zero attached hydrogens (tertiary/aromatic N) is 1. The first-order valence-electron chi connectivity index (χ1n) is 5.75. The summed E-state index contributed by atoms with van der Waals surface area (Å²) >= 11 is 3.47. The van der Waals surface area contributed by atoms with E-state index in [4.69, 9.17) is 10.5 Å². The zero-order chi connectivity index (χ0) is 13.0. The van der Waals surface area contributed by atoms with Gasteiger partial charge in [-0.1, -0.05) is 12.1 Å². The second-order valence-electron chi connectivity index (χ2n) is 4.11. The van der Waals surface area contributed by atoms with Gasteiger partial charge >= 0.3 is 0 Å². The Balaban J connectivity index is 2.26. The molecule has 2 unspecified atom stereocenters. The second kappa shape index (κ2) is 5.98. The molecule has 2 N–H and O–H groups in total. The third-order valence-electron chi connectivity index (χ3n) is 2.60. The van der Waals surface area contributed by atoms with Crippen molar-refractivity contribution in [3.8, 4) is 5.75 Å². The van der Waals surface area contributed by atoms with Crippen LogP contribution in [0.5, 0.6) is 5.75 Å². The van der Waals surface area contributed by atoms with Gasteiger partial charge in [-0.2, -0.15) is 0 Å². The number of nitrogens with two attached hydrogens (primary N) is 1. The van der Waals surface area contributed by atoms with Crippen molar-refractivity contribution >= 4 is 15.9 Å². The van der Waals surface area contributed by atoms with E-state index in [0.717, 1.165) is 15.8 Å². The van der Waals surface area contributed by atoms with E-state index in [1.54, 1.807) is 12.4 Å². The number of ether oxygens (including phenoxy) is 1. The number of hydrogen-bond donors (Lipinski definition) is 1. The van der Waals surface area contributed by atoms with E-state index >= 15 is 0 Å². The number of benzene rings is 1. The maximum Gasteiger partial charge on any atom is 0.139 e. The van der Waals surface area contributed by atoms with Gasteiger partial charge in [-0.3, -0.25) is 4.98 Å². The Labute approximate surface area is 115 Å². The third-order valence-corrected chi connectivity index (χ3v) is 3.26. The molecule has 2 aromatic rings. The lowest BCUT2D eigenvalue weighted by Crippen LogP contribution is -2.29. The molecule has 0 aliphatic heterocycles. The van der Waals surface area contributed by atoms with Crippen LogP contribution in [0.4, 0.5) is 0 Å². The van der Waals surface area contributed by atoms with Gasteiger partial charge in [0.25, 0.3) is 0 Å². The second-order valence-corrected chi connectivity index (χ2v) is 4.96. The summed E-state index contributed by atoms with van der Waals surface area (Å²) in [5.41, 5.74) is 7.03. The van der Waals surface area contributed by atoms with Crippen LogP contribution in [-0.4, -0.2) is 11.0 Å². The first-order chi connectivity index (χ1) is 8.68. The SMILES string of the molecule is CC(N)C(Oc1ccccc1Br)c1ccncc1. The molecule has 0 fully saturated rings. The van der Waals surface area contributed by atoms with Gasteiger partial charge in [-0.15, -0.1) is 0 Å². The van der Waals surface area contributed by atoms with Crippen molar-refractivity contribution in [3.63, 3.8) is 0 Å². The topological polar surface area (TPSA) is 48.1 Å². The zero-order valence-electron chi connectivity index (χ0n) is 10.1. The van der Waals surface area contributed by atoms with Gasteiger partial charge in [0.05, 0.1) is 4.47 Å². The summed E-state index contributed by atoms with van der Waals surface area (Å²) in [6.07, 6.45) is 3.30. The van der Waals surface area contributed by atoms with Gasteiger partial charge in [0.15, 0.2) is 0 Å². The number of rotatable bonds is 4. The lowest BCUT2D eigenvalue weighted by Gasteiger charge is -2.23. The molecule has 0 amide bonds. The Hall–Kier alpha value is -1.39. The Kier molecular flexibility index (Phi) is 4.33. The molecule has 1 aromatic heterocycles. The molecule has 1 heterocycles. The van der Waals surface area contributed by atoms with E-state index in [0.29, 0.717) is 0 Å². The molecule has 18 heavy (non-hydrogen) atoms. The largest absolute Gasteiger partial charge is 0.483 e. The highest BCUT2D eigenvalue weighted by Gasteiger charge is 2.18. The molecule has 3 nitrogen and oxygen atoms in total. The monoisotopic (exact) mass is 306 g/mol. The Bertz CT molecular complexity index is 502. The summed E-state index contributed by atoms with van der Waals surface area (Å²) < 4.78 is 6.91. The Morgan fingerprint density at radius 1 is 1.17 bits per heavy atom. The van der Waals surface area contributed by atoms with E-state index in [-0.39, 0.29) is 12.1 Å². The molecule has 2 rings (SSSR count). The molecule has 1 aromatic carbocycles. The summed E-state index contributed by atoms with van der Waals surface area (Å²) in [4.78, 5) is 4.01. The molecule has 0 saturated heterocycles. The average Bonchev–Trinajstić information content (AvgIpc) is 2.38. The average molecular weight is 307 g/mol. The molecule has 94 valence electrons. The molecular weight excluding hydrogens is 292 g/mol. The van der Waals surface area contributed by atoms with Crippen molar-refractivity contribution in [3.05, 3.63) is 58.8 Å². The molecule has 2 atom stereocenters.